The summed E-state index contributed by atoms with van der Waals surface area (Å²) >= 11 is 0. The minimum atomic E-state index is -0.164. The van der Waals surface area contributed by atoms with Crippen molar-refractivity contribution < 1.29 is 0 Å². The van der Waals surface area contributed by atoms with Gasteiger partial charge in [0.1, 0.15) is 0 Å². The van der Waals surface area contributed by atoms with Crippen molar-refractivity contribution in [2.24, 2.45) is 0 Å². The Morgan fingerprint density at radius 2 is 2.00 bits per heavy atom. The number of anilines is 2. The number of aromatic nitrogens is 4. The van der Waals surface area contributed by atoms with Crippen LogP contribution in [-0.2, 0) is 5.41 Å². The molecule has 0 bridgehead atoms. The lowest BCUT2D eigenvalue weighted by Gasteiger charge is -2.44. The Morgan fingerprint density at radius 3 is 2.57 bits per heavy atom. The Labute approximate surface area is 135 Å². The number of likely N-dealkylation sites (N-methyl/N-ethyl adjacent to an activating group) is 1. The van der Waals surface area contributed by atoms with Crippen LogP contribution in [-0.4, -0.2) is 46.3 Å². The molecule has 7 heteroatoms. The number of rotatable bonds is 3. The zero-order valence-electron chi connectivity index (χ0n) is 13.9. The summed E-state index contributed by atoms with van der Waals surface area (Å²) in [5.74, 6) is 1.32. The molecule has 0 atom stereocenters. The maximum absolute atomic E-state index is 11.8. The summed E-state index contributed by atoms with van der Waals surface area (Å²) in [4.78, 5) is 22.7. The van der Waals surface area contributed by atoms with Gasteiger partial charge in [-0.15, -0.1) is 5.10 Å². The molecule has 0 aliphatic carbocycles. The number of aromatic amines is 1. The summed E-state index contributed by atoms with van der Waals surface area (Å²) in [5.41, 5.74) is 0.821. The van der Waals surface area contributed by atoms with Gasteiger partial charge in [0.05, 0.1) is 11.7 Å². The smallest absolute Gasteiger partial charge is 0.290 e. The molecule has 23 heavy (non-hydrogen) atoms. The van der Waals surface area contributed by atoms with E-state index in [1.807, 2.05) is 24.1 Å². The van der Waals surface area contributed by atoms with Crippen LogP contribution < -0.4 is 15.4 Å². The fourth-order valence-electron chi connectivity index (χ4n) is 2.55. The molecule has 1 N–H and O–H groups in total. The highest BCUT2D eigenvalue weighted by Crippen LogP contribution is 2.24. The summed E-state index contributed by atoms with van der Waals surface area (Å²) < 4.78 is 0. The second-order valence-electron chi connectivity index (χ2n) is 6.94. The quantitative estimate of drug-likeness (QED) is 0.917. The molecule has 1 saturated heterocycles. The van der Waals surface area contributed by atoms with Crippen LogP contribution in [0, 0.1) is 0 Å². The van der Waals surface area contributed by atoms with Crippen LogP contribution >= 0.6 is 0 Å². The number of hydrogen-bond donors (Lipinski definition) is 1. The van der Waals surface area contributed by atoms with E-state index in [0.29, 0.717) is 5.82 Å². The number of nitrogens with one attached hydrogen (secondary N) is 1. The Hall–Kier alpha value is -2.44. The van der Waals surface area contributed by atoms with Gasteiger partial charge in [-0.3, -0.25) is 4.79 Å². The maximum Gasteiger partial charge on any atom is 0.290 e. The van der Waals surface area contributed by atoms with E-state index in [-0.39, 0.29) is 17.0 Å². The molecular weight excluding hydrogens is 292 g/mol. The molecule has 7 nitrogen and oxygen atoms in total. The van der Waals surface area contributed by atoms with Gasteiger partial charge in [0, 0.05) is 37.9 Å². The summed E-state index contributed by atoms with van der Waals surface area (Å²) in [7, 11) is 1.90. The van der Waals surface area contributed by atoms with Crippen LogP contribution in [0.15, 0.2) is 29.3 Å². The molecule has 0 aromatic carbocycles. The van der Waals surface area contributed by atoms with E-state index in [0.717, 1.165) is 24.6 Å². The predicted octanol–water partition coefficient (Wildman–Crippen LogP) is 1.18. The van der Waals surface area contributed by atoms with Crippen molar-refractivity contribution in [1.29, 1.82) is 0 Å². The zero-order chi connectivity index (χ0) is 16.6. The van der Waals surface area contributed by atoms with E-state index in [4.69, 9.17) is 0 Å². The zero-order valence-corrected chi connectivity index (χ0v) is 13.9. The average Bonchev–Trinajstić information content (AvgIpc) is 2.45. The van der Waals surface area contributed by atoms with Crippen LogP contribution in [0.25, 0.3) is 0 Å². The summed E-state index contributed by atoms with van der Waals surface area (Å²) in [6, 6.07) is 4.29. The van der Waals surface area contributed by atoms with Crippen molar-refractivity contribution in [3.05, 3.63) is 40.6 Å². The highest BCUT2D eigenvalue weighted by molar-refractivity contribution is 5.47. The van der Waals surface area contributed by atoms with Crippen molar-refractivity contribution in [3.63, 3.8) is 0 Å². The number of H-pyrrole nitrogens is 1. The average molecular weight is 314 g/mol. The van der Waals surface area contributed by atoms with E-state index in [1.165, 1.54) is 0 Å². The monoisotopic (exact) mass is 314 g/mol. The van der Waals surface area contributed by atoms with E-state index in [1.54, 1.807) is 12.4 Å². The van der Waals surface area contributed by atoms with Crippen LogP contribution in [0.5, 0.6) is 0 Å². The molecule has 3 heterocycles. The predicted molar refractivity (Wildman–Crippen MR) is 90.0 cm³/mol. The van der Waals surface area contributed by atoms with Crippen LogP contribution in [0.1, 0.15) is 26.5 Å². The molecule has 1 fully saturated rings. The molecule has 122 valence electrons. The SMILES string of the molecule is CN(c1ncc[nH]c1=O)C1CN(c2ccc(C(C)(C)C)nn2)C1. The maximum atomic E-state index is 11.8. The van der Waals surface area contributed by atoms with Gasteiger partial charge in [0.15, 0.2) is 11.6 Å². The molecule has 2 aromatic heterocycles. The van der Waals surface area contributed by atoms with Gasteiger partial charge < -0.3 is 14.8 Å². The topological polar surface area (TPSA) is 78.0 Å². The first-order chi connectivity index (χ1) is 10.9. The number of hydrogen-bond acceptors (Lipinski definition) is 6. The van der Waals surface area contributed by atoms with Gasteiger partial charge >= 0.3 is 0 Å². The van der Waals surface area contributed by atoms with E-state index in [9.17, 15) is 4.79 Å². The standard InChI is InChI=1S/C16H22N6O/c1-16(2,3)12-5-6-13(20-19-12)22-9-11(10-22)21(4)14-15(23)18-8-7-17-14/h5-8,11H,9-10H2,1-4H3,(H,18,23). The summed E-state index contributed by atoms with van der Waals surface area (Å²) in [6.45, 7) is 7.97. The fourth-order valence-corrected chi connectivity index (χ4v) is 2.55. The van der Waals surface area contributed by atoms with Crippen molar-refractivity contribution in [2.45, 2.75) is 32.2 Å². The normalized spacial score (nSPS) is 15.4. The summed E-state index contributed by atoms with van der Waals surface area (Å²) in [5, 5.41) is 8.65. The van der Waals surface area contributed by atoms with Crippen LogP contribution in [0.3, 0.4) is 0 Å². The molecule has 2 aromatic rings. The molecule has 0 saturated carbocycles. The number of nitrogens with zero attached hydrogens (tertiary/aromatic N) is 5. The third-order valence-electron chi connectivity index (χ3n) is 4.18. The highest BCUT2D eigenvalue weighted by Gasteiger charge is 2.32. The van der Waals surface area contributed by atoms with Gasteiger partial charge in [0.2, 0.25) is 0 Å². The van der Waals surface area contributed by atoms with Gasteiger partial charge in [0.25, 0.3) is 5.56 Å². The molecule has 3 rings (SSSR count). The molecule has 1 aliphatic heterocycles. The molecule has 0 unspecified atom stereocenters. The second-order valence-corrected chi connectivity index (χ2v) is 6.94. The molecule has 0 radical (unpaired) electrons. The van der Waals surface area contributed by atoms with Gasteiger partial charge in [-0.05, 0) is 12.1 Å². The molecular formula is C16H22N6O. The van der Waals surface area contributed by atoms with Gasteiger partial charge in [-0.25, -0.2) is 4.98 Å². The van der Waals surface area contributed by atoms with E-state index >= 15 is 0 Å². The first kappa shape index (κ1) is 15.5. The van der Waals surface area contributed by atoms with Crippen molar-refractivity contribution in [1.82, 2.24) is 20.2 Å². The lowest BCUT2D eigenvalue weighted by molar-refractivity contribution is 0.484. The molecule has 1 aliphatic rings. The Morgan fingerprint density at radius 1 is 1.26 bits per heavy atom. The van der Waals surface area contributed by atoms with E-state index < -0.39 is 0 Å². The Kier molecular flexibility index (Phi) is 3.79. The Balaban J connectivity index is 1.65. The molecule has 0 spiro atoms. The lowest BCUT2D eigenvalue weighted by Crippen LogP contribution is -2.60. The highest BCUT2D eigenvalue weighted by atomic mass is 16.1. The van der Waals surface area contributed by atoms with Crippen molar-refractivity contribution in [2.75, 3.05) is 29.9 Å². The van der Waals surface area contributed by atoms with Crippen molar-refractivity contribution in [3.8, 4) is 0 Å². The van der Waals surface area contributed by atoms with Crippen molar-refractivity contribution >= 4 is 11.6 Å². The Bertz CT molecular complexity index is 727. The second kappa shape index (κ2) is 5.64. The fraction of sp³-hybridized carbons (Fsp3) is 0.500. The minimum Gasteiger partial charge on any atom is -0.351 e. The largest absolute Gasteiger partial charge is 0.351 e. The third kappa shape index (κ3) is 3.04. The first-order valence-electron chi connectivity index (χ1n) is 7.72. The summed E-state index contributed by atoms with van der Waals surface area (Å²) in [6.07, 6.45) is 3.14. The van der Waals surface area contributed by atoms with Crippen LogP contribution in [0.4, 0.5) is 11.6 Å². The first-order valence-corrected chi connectivity index (χ1v) is 7.72. The van der Waals surface area contributed by atoms with Gasteiger partial charge in [-0.2, -0.15) is 5.10 Å². The van der Waals surface area contributed by atoms with E-state index in [2.05, 4.69) is 45.8 Å². The third-order valence-corrected chi connectivity index (χ3v) is 4.18. The molecule has 0 amide bonds. The minimum absolute atomic E-state index is 0.00321. The van der Waals surface area contributed by atoms with Crippen LogP contribution in [0.2, 0.25) is 0 Å². The van der Waals surface area contributed by atoms with Gasteiger partial charge in [-0.1, -0.05) is 20.8 Å². The lowest BCUT2D eigenvalue weighted by atomic mass is 9.92.